The molecule has 0 saturated carbocycles. The molecule has 4 rings (SSSR count). The van der Waals surface area contributed by atoms with E-state index >= 15 is 0 Å². The van der Waals surface area contributed by atoms with Gasteiger partial charge in [-0.2, -0.15) is 0 Å². The quantitative estimate of drug-likeness (QED) is 0.875. The summed E-state index contributed by atoms with van der Waals surface area (Å²) in [6.45, 7) is 5.86. The third-order valence-corrected chi connectivity index (χ3v) is 6.85. The predicted octanol–water partition coefficient (Wildman–Crippen LogP) is 3.47. The largest absolute Gasteiger partial charge is 0.340 e. The van der Waals surface area contributed by atoms with Crippen molar-refractivity contribution in [1.82, 2.24) is 15.1 Å². The molecule has 3 aliphatic heterocycles. The first-order valence-corrected chi connectivity index (χ1v) is 10.5. The molecular weight excluding hydrogens is 346 g/mol. The highest BCUT2D eigenvalue weighted by atomic mass is 35.5. The standard InChI is InChI=1S/C21H30ClN3O/c1-15(17-2-4-18(22)5-3-17)24-8-10-25(11-9-24)21(26)14-16-12-19-6-7-20(13-16)23-19/h2-5,15-16,19-20,23H,6-14H2,1H3. The van der Waals surface area contributed by atoms with Crippen molar-refractivity contribution in [3.05, 3.63) is 34.9 Å². The zero-order chi connectivity index (χ0) is 18.1. The first kappa shape index (κ1) is 18.3. The van der Waals surface area contributed by atoms with Crippen LogP contribution < -0.4 is 5.32 Å². The van der Waals surface area contributed by atoms with Crippen LogP contribution in [0.4, 0.5) is 0 Å². The van der Waals surface area contributed by atoms with E-state index in [0.29, 0.717) is 30.0 Å². The van der Waals surface area contributed by atoms with Gasteiger partial charge in [0, 0.05) is 55.7 Å². The average Bonchev–Trinajstić information content (AvgIpc) is 3.00. The normalized spacial score (nSPS) is 30.4. The number of hydrogen-bond donors (Lipinski definition) is 1. The third kappa shape index (κ3) is 4.08. The smallest absolute Gasteiger partial charge is 0.222 e. The van der Waals surface area contributed by atoms with Crippen LogP contribution in [0, 0.1) is 5.92 Å². The number of hydrogen-bond acceptors (Lipinski definition) is 3. The number of benzene rings is 1. The lowest BCUT2D eigenvalue weighted by molar-refractivity contribution is -0.134. The lowest BCUT2D eigenvalue weighted by atomic mass is 9.89. The molecule has 3 fully saturated rings. The van der Waals surface area contributed by atoms with Crippen molar-refractivity contribution in [3.8, 4) is 0 Å². The summed E-state index contributed by atoms with van der Waals surface area (Å²) in [5.41, 5.74) is 1.29. The highest BCUT2D eigenvalue weighted by molar-refractivity contribution is 6.30. The predicted molar refractivity (Wildman–Crippen MR) is 105 cm³/mol. The topological polar surface area (TPSA) is 35.6 Å². The summed E-state index contributed by atoms with van der Waals surface area (Å²) in [5.74, 6) is 0.961. The Hall–Kier alpha value is -1.10. The lowest BCUT2D eigenvalue weighted by Crippen LogP contribution is -2.50. The van der Waals surface area contributed by atoms with Gasteiger partial charge in [-0.3, -0.25) is 9.69 Å². The van der Waals surface area contributed by atoms with Crippen molar-refractivity contribution in [3.63, 3.8) is 0 Å². The summed E-state index contributed by atoms with van der Waals surface area (Å²) in [5, 5.41) is 4.45. The minimum atomic E-state index is 0.365. The van der Waals surface area contributed by atoms with E-state index in [2.05, 4.69) is 34.2 Å². The molecule has 3 saturated heterocycles. The summed E-state index contributed by atoms with van der Waals surface area (Å²) < 4.78 is 0. The fourth-order valence-electron chi connectivity index (χ4n) is 5.03. The Labute approximate surface area is 161 Å². The molecule has 142 valence electrons. The Balaban J connectivity index is 1.26. The van der Waals surface area contributed by atoms with Crippen LogP contribution in [0.1, 0.15) is 50.6 Å². The minimum Gasteiger partial charge on any atom is -0.340 e. The number of halogens is 1. The molecule has 3 heterocycles. The third-order valence-electron chi connectivity index (χ3n) is 6.60. The molecule has 1 N–H and O–H groups in total. The van der Waals surface area contributed by atoms with Crippen molar-refractivity contribution in [1.29, 1.82) is 0 Å². The minimum absolute atomic E-state index is 0.365. The van der Waals surface area contributed by atoms with Crippen LogP contribution in [0.25, 0.3) is 0 Å². The molecule has 1 aromatic rings. The molecule has 0 aliphatic carbocycles. The molecule has 2 bridgehead atoms. The van der Waals surface area contributed by atoms with E-state index in [1.807, 2.05) is 12.1 Å². The molecule has 3 unspecified atom stereocenters. The molecule has 1 aromatic carbocycles. The zero-order valence-corrected chi connectivity index (χ0v) is 16.4. The Morgan fingerprint density at radius 2 is 1.73 bits per heavy atom. The van der Waals surface area contributed by atoms with Gasteiger partial charge in [-0.05, 0) is 56.2 Å². The molecule has 5 heteroatoms. The monoisotopic (exact) mass is 375 g/mol. The van der Waals surface area contributed by atoms with E-state index in [1.54, 1.807) is 0 Å². The van der Waals surface area contributed by atoms with Crippen molar-refractivity contribution in [2.75, 3.05) is 26.2 Å². The van der Waals surface area contributed by atoms with Crippen molar-refractivity contribution in [2.45, 2.75) is 57.2 Å². The van der Waals surface area contributed by atoms with Crippen LogP contribution in [0.5, 0.6) is 0 Å². The number of carbonyl (C=O) groups is 1. The maximum absolute atomic E-state index is 12.8. The number of nitrogens with one attached hydrogen (secondary N) is 1. The lowest BCUT2D eigenvalue weighted by Gasteiger charge is -2.39. The second kappa shape index (κ2) is 7.87. The number of piperidine rings is 1. The highest BCUT2D eigenvalue weighted by Gasteiger charge is 2.35. The van der Waals surface area contributed by atoms with Crippen LogP contribution in [0.3, 0.4) is 0 Å². The van der Waals surface area contributed by atoms with E-state index in [4.69, 9.17) is 11.6 Å². The Morgan fingerprint density at radius 3 is 2.35 bits per heavy atom. The number of carbonyl (C=O) groups excluding carboxylic acids is 1. The van der Waals surface area contributed by atoms with Crippen molar-refractivity contribution in [2.24, 2.45) is 5.92 Å². The molecule has 3 aliphatic rings. The van der Waals surface area contributed by atoms with Crippen LogP contribution >= 0.6 is 11.6 Å². The second-order valence-corrected chi connectivity index (χ2v) is 8.76. The molecule has 26 heavy (non-hydrogen) atoms. The average molecular weight is 376 g/mol. The SMILES string of the molecule is CC(c1ccc(Cl)cc1)N1CCN(C(=O)CC2CC3CCC(C2)N3)CC1. The summed E-state index contributed by atoms with van der Waals surface area (Å²) >= 11 is 6.00. The summed E-state index contributed by atoms with van der Waals surface area (Å²) in [7, 11) is 0. The molecular formula is C21H30ClN3O. The number of amides is 1. The molecule has 1 amide bonds. The molecule has 0 spiro atoms. The fourth-order valence-corrected chi connectivity index (χ4v) is 5.15. The van der Waals surface area contributed by atoms with Gasteiger partial charge in [0.2, 0.25) is 5.91 Å². The van der Waals surface area contributed by atoms with Gasteiger partial charge < -0.3 is 10.2 Å². The first-order valence-electron chi connectivity index (χ1n) is 10.1. The Morgan fingerprint density at radius 1 is 1.12 bits per heavy atom. The van der Waals surface area contributed by atoms with Crippen LogP contribution in [0.15, 0.2) is 24.3 Å². The van der Waals surface area contributed by atoms with Gasteiger partial charge in [0.05, 0.1) is 0 Å². The highest BCUT2D eigenvalue weighted by Crippen LogP contribution is 2.33. The summed E-state index contributed by atoms with van der Waals surface area (Å²) in [4.78, 5) is 17.3. The van der Waals surface area contributed by atoms with E-state index in [-0.39, 0.29) is 0 Å². The number of rotatable bonds is 4. The summed E-state index contributed by atoms with van der Waals surface area (Å²) in [6.07, 6.45) is 5.74. The Bertz CT molecular complexity index is 615. The second-order valence-electron chi connectivity index (χ2n) is 8.32. The molecule has 3 atom stereocenters. The maximum atomic E-state index is 12.8. The van der Waals surface area contributed by atoms with E-state index in [9.17, 15) is 4.79 Å². The van der Waals surface area contributed by atoms with Gasteiger partial charge in [-0.25, -0.2) is 0 Å². The molecule has 0 aromatic heterocycles. The van der Waals surface area contributed by atoms with Crippen molar-refractivity contribution < 1.29 is 4.79 Å². The van der Waals surface area contributed by atoms with Crippen LogP contribution in [-0.4, -0.2) is 54.0 Å². The number of nitrogens with zero attached hydrogens (tertiary/aromatic N) is 2. The van der Waals surface area contributed by atoms with Crippen molar-refractivity contribution >= 4 is 17.5 Å². The van der Waals surface area contributed by atoms with Gasteiger partial charge in [0.1, 0.15) is 0 Å². The molecule has 4 nitrogen and oxygen atoms in total. The maximum Gasteiger partial charge on any atom is 0.222 e. The Kier molecular flexibility index (Phi) is 5.53. The van der Waals surface area contributed by atoms with Gasteiger partial charge in [0.25, 0.3) is 0 Å². The van der Waals surface area contributed by atoms with E-state index < -0.39 is 0 Å². The van der Waals surface area contributed by atoms with Crippen LogP contribution in [0.2, 0.25) is 5.02 Å². The number of fused-ring (bicyclic) bond motifs is 2. The van der Waals surface area contributed by atoms with Gasteiger partial charge >= 0.3 is 0 Å². The van der Waals surface area contributed by atoms with E-state index in [1.165, 1.54) is 31.2 Å². The molecule has 0 radical (unpaired) electrons. The van der Waals surface area contributed by atoms with Gasteiger partial charge in [0.15, 0.2) is 0 Å². The van der Waals surface area contributed by atoms with Gasteiger partial charge in [-0.15, -0.1) is 0 Å². The zero-order valence-electron chi connectivity index (χ0n) is 15.7. The fraction of sp³-hybridized carbons (Fsp3) is 0.667. The van der Waals surface area contributed by atoms with E-state index in [0.717, 1.165) is 37.6 Å². The summed E-state index contributed by atoms with van der Waals surface area (Å²) in [6, 6.07) is 9.83. The van der Waals surface area contributed by atoms with Crippen LogP contribution in [-0.2, 0) is 4.79 Å². The first-order chi connectivity index (χ1) is 12.6. The van der Waals surface area contributed by atoms with Gasteiger partial charge in [-0.1, -0.05) is 23.7 Å². The number of piperazine rings is 1.